The summed E-state index contributed by atoms with van der Waals surface area (Å²) in [5.74, 6) is -3.22. The van der Waals surface area contributed by atoms with Gasteiger partial charge in [-0.05, 0) is 48.3 Å². The predicted molar refractivity (Wildman–Crippen MR) is 137 cm³/mol. The van der Waals surface area contributed by atoms with E-state index in [1.807, 2.05) is 27.7 Å². The van der Waals surface area contributed by atoms with Crippen LogP contribution in [0, 0.1) is 17.8 Å². The Morgan fingerprint density at radius 1 is 0.861 bits per heavy atom. The third-order valence-electron chi connectivity index (χ3n) is 6.09. The minimum absolute atomic E-state index is 0.0503. The fourth-order valence-corrected chi connectivity index (χ4v) is 3.67. The first-order chi connectivity index (χ1) is 16.8. The van der Waals surface area contributed by atoms with Crippen LogP contribution in [0.4, 0.5) is 0 Å². The number of nitrogens with two attached hydrogens (primary N) is 1. The molecule has 0 aromatic heterocycles. The number of carbonyl (C=O) groups is 4. The zero-order valence-corrected chi connectivity index (χ0v) is 22.1. The number of rotatable bonds is 14. The van der Waals surface area contributed by atoms with Gasteiger partial charge in [-0.2, -0.15) is 0 Å². The van der Waals surface area contributed by atoms with Crippen LogP contribution in [-0.2, 0) is 25.6 Å². The number of carboxylic acid groups (broad SMARTS) is 1. The minimum Gasteiger partial charge on any atom is -0.508 e. The summed E-state index contributed by atoms with van der Waals surface area (Å²) < 4.78 is 0. The van der Waals surface area contributed by atoms with Crippen LogP contribution < -0.4 is 21.7 Å². The second-order valence-corrected chi connectivity index (χ2v) is 10.1. The molecule has 36 heavy (non-hydrogen) atoms. The van der Waals surface area contributed by atoms with Gasteiger partial charge in [-0.1, -0.05) is 60.1 Å². The van der Waals surface area contributed by atoms with Crippen molar-refractivity contribution in [1.29, 1.82) is 0 Å². The fourth-order valence-electron chi connectivity index (χ4n) is 3.67. The molecule has 0 aliphatic carbocycles. The van der Waals surface area contributed by atoms with E-state index in [4.69, 9.17) is 5.73 Å². The van der Waals surface area contributed by atoms with Crippen LogP contribution in [-0.4, -0.2) is 58.1 Å². The second kappa shape index (κ2) is 14.4. The molecule has 10 nitrogen and oxygen atoms in total. The highest BCUT2D eigenvalue weighted by Gasteiger charge is 2.33. The molecule has 1 aromatic rings. The first-order valence-corrected chi connectivity index (χ1v) is 12.4. The van der Waals surface area contributed by atoms with E-state index < -0.39 is 47.9 Å². The third kappa shape index (κ3) is 9.85. The summed E-state index contributed by atoms with van der Waals surface area (Å²) in [7, 11) is 0. The predicted octanol–water partition coefficient (Wildman–Crippen LogP) is 1.55. The van der Waals surface area contributed by atoms with Gasteiger partial charge in [0, 0.05) is 0 Å². The summed E-state index contributed by atoms with van der Waals surface area (Å²) in [6.45, 7) is 10.9. The highest BCUT2D eigenvalue weighted by atomic mass is 16.4. The molecule has 0 saturated carbocycles. The van der Waals surface area contributed by atoms with Crippen molar-refractivity contribution in [3.8, 4) is 5.75 Å². The monoisotopic (exact) mass is 506 g/mol. The lowest BCUT2D eigenvalue weighted by atomic mass is 9.95. The molecule has 5 atom stereocenters. The number of phenolic OH excluding ortho intramolecular Hbond substituents is 1. The number of carboxylic acids is 1. The van der Waals surface area contributed by atoms with Gasteiger partial charge in [-0.15, -0.1) is 0 Å². The van der Waals surface area contributed by atoms with E-state index in [2.05, 4.69) is 16.0 Å². The van der Waals surface area contributed by atoms with E-state index in [1.54, 1.807) is 26.0 Å². The summed E-state index contributed by atoms with van der Waals surface area (Å²) >= 11 is 0. The molecule has 0 heterocycles. The molecule has 202 valence electrons. The molecule has 7 N–H and O–H groups in total. The van der Waals surface area contributed by atoms with Crippen LogP contribution in [0.3, 0.4) is 0 Å². The molecule has 0 aliphatic rings. The Morgan fingerprint density at radius 3 is 1.86 bits per heavy atom. The van der Waals surface area contributed by atoms with E-state index in [0.717, 1.165) is 5.56 Å². The number of carbonyl (C=O) groups excluding carboxylic acids is 3. The quantitative estimate of drug-likeness (QED) is 0.222. The van der Waals surface area contributed by atoms with Crippen LogP contribution in [0.2, 0.25) is 0 Å². The van der Waals surface area contributed by atoms with Gasteiger partial charge in [0.25, 0.3) is 0 Å². The molecule has 1 aromatic carbocycles. The van der Waals surface area contributed by atoms with Crippen molar-refractivity contribution in [3.05, 3.63) is 29.8 Å². The number of benzene rings is 1. The van der Waals surface area contributed by atoms with Gasteiger partial charge >= 0.3 is 5.97 Å². The molecule has 0 spiro atoms. The topological polar surface area (TPSA) is 171 Å². The lowest BCUT2D eigenvalue weighted by Crippen LogP contribution is -2.60. The van der Waals surface area contributed by atoms with Gasteiger partial charge in [0.15, 0.2) is 0 Å². The van der Waals surface area contributed by atoms with E-state index in [9.17, 15) is 29.4 Å². The van der Waals surface area contributed by atoms with Crippen LogP contribution >= 0.6 is 0 Å². The largest absolute Gasteiger partial charge is 0.508 e. The molecule has 0 radical (unpaired) electrons. The first-order valence-electron chi connectivity index (χ1n) is 12.4. The van der Waals surface area contributed by atoms with Gasteiger partial charge in [0.05, 0.1) is 6.04 Å². The van der Waals surface area contributed by atoms with Crippen LogP contribution in [0.15, 0.2) is 24.3 Å². The Kier molecular flexibility index (Phi) is 12.4. The lowest BCUT2D eigenvalue weighted by molar-refractivity contribution is -0.143. The van der Waals surface area contributed by atoms with Gasteiger partial charge in [0.2, 0.25) is 17.7 Å². The van der Waals surface area contributed by atoms with E-state index >= 15 is 0 Å². The van der Waals surface area contributed by atoms with Gasteiger partial charge < -0.3 is 31.9 Å². The molecule has 3 amide bonds. The van der Waals surface area contributed by atoms with Crippen molar-refractivity contribution in [1.82, 2.24) is 16.0 Å². The van der Waals surface area contributed by atoms with Crippen molar-refractivity contribution in [2.75, 3.05) is 0 Å². The molecule has 0 saturated heterocycles. The van der Waals surface area contributed by atoms with Crippen molar-refractivity contribution in [3.63, 3.8) is 0 Å². The average molecular weight is 507 g/mol. The van der Waals surface area contributed by atoms with Gasteiger partial charge in [-0.25, -0.2) is 4.79 Å². The van der Waals surface area contributed by atoms with Crippen molar-refractivity contribution in [2.24, 2.45) is 23.5 Å². The molecule has 0 fully saturated rings. The van der Waals surface area contributed by atoms with Crippen molar-refractivity contribution < 1.29 is 29.4 Å². The zero-order chi connectivity index (χ0) is 27.6. The highest BCUT2D eigenvalue weighted by molar-refractivity contribution is 5.94. The summed E-state index contributed by atoms with van der Waals surface area (Å²) in [6.07, 6.45) is 1.05. The summed E-state index contributed by atoms with van der Waals surface area (Å²) in [4.78, 5) is 50.5. The number of phenols is 1. The molecule has 5 unspecified atom stereocenters. The van der Waals surface area contributed by atoms with E-state index in [0.29, 0.717) is 6.42 Å². The summed E-state index contributed by atoms with van der Waals surface area (Å²) in [6, 6.07) is 2.41. The Labute approximate surface area is 213 Å². The highest BCUT2D eigenvalue weighted by Crippen LogP contribution is 2.14. The number of aromatic hydroxyl groups is 1. The van der Waals surface area contributed by atoms with Gasteiger partial charge in [0.1, 0.15) is 23.9 Å². The number of aliphatic carboxylic acids is 1. The molecule has 10 heteroatoms. The average Bonchev–Trinajstić information content (AvgIpc) is 2.80. The summed E-state index contributed by atoms with van der Waals surface area (Å²) in [5, 5.41) is 26.8. The van der Waals surface area contributed by atoms with Crippen LogP contribution in [0.25, 0.3) is 0 Å². The fraction of sp³-hybridized carbons (Fsp3) is 0.615. The smallest absolute Gasteiger partial charge is 0.326 e. The molecular formula is C26H42N4O6. The number of nitrogens with one attached hydrogen (secondary N) is 3. The number of amides is 3. The Morgan fingerprint density at radius 2 is 1.39 bits per heavy atom. The maximum absolute atomic E-state index is 13.2. The molecule has 0 bridgehead atoms. The second-order valence-electron chi connectivity index (χ2n) is 10.1. The lowest BCUT2D eigenvalue weighted by Gasteiger charge is -2.29. The number of hydrogen-bond donors (Lipinski definition) is 6. The molecule has 1 rings (SSSR count). The van der Waals surface area contributed by atoms with Crippen molar-refractivity contribution in [2.45, 2.75) is 85.0 Å². The Hall–Kier alpha value is -3.14. The number of hydrogen-bond acceptors (Lipinski definition) is 6. The maximum atomic E-state index is 13.2. The SMILES string of the molecule is CCC(C)C(NC(=O)C(N)Cc1ccc(O)cc1)C(=O)NC(C(=O)NC(CC(C)C)C(=O)O)C(C)C. The maximum Gasteiger partial charge on any atom is 0.326 e. The summed E-state index contributed by atoms with van der Waals surface area (Å²) in [5.41, 5.74) is 6.83. The van der Waals surface area contributed by atoms with Crippen LogP contribution in [0.1, 0.15) is 59.9 Å². The minimum atomic E-state index is -1.14. The van der Waals surface area contributed by atoms with Crippen molar-refractivity contribution >= 4 is 23.7 Å². The Bertz CT molecular complexity index is 887. The molecule has 0 aliphatic heterocycles. The Balaban J connectivity index is 2.95. The zero-order valence-electron chi connectivity index (χ0n) is 22.1. The molecular weight excluding hydrogens is 464 g/mol. The third-order valence-corrected chi connectivity index (χ3v) is 6.09. The first kappa shape index (κ1) is 30.9. The normalized spacial score (nSPS) is 15.5. The van der Waals surface area contributed by atoms with E-state index in [1.165, 1.54) is 12.1 Å². The van der Waals surface area contributed by atoms with Gasteiger partial charge in [-0.3, -0.25) is 14.4 Å². The standard InChI is InChI=1S/C26H42N4O6/c1-7-16(6)22(30-23(32)19(27)13-17-8-10-18(31)11-9-17)25(34)29-21(15(4)5)24(33)28-20(26(35)36)12-14(2)3/h8-11,14-16,19-22,31H,7,12-13,27H2,1-6H3,(H,28,33)(H,29,34)(H,30,32)(H,35,36). The van der Waals surface area contributed by atoms with E-state index in [-0.39, 0.29) is 36.3 Å². The van der Waals surface area contributed by atoms with Crippen LogP contribution in [0.5, 0.6) is 5.75 Å².